The molecule has 1 aliphatic rings. The van der Waals surface area contributed by atoms with Crippen molar-refractivity contribution in [2.24, 2.45) is 11.7 Å². The third-order valence-electron chi connectivity index (χ3n) is 2.12. The quantitative estimate of drug-likeness (QED) is 0.571. The highest BCUT2D eigenvalue weighted by Crippen LogP contribution is 2.12. The predicted octanol–water partition coefficient (Wildman–Crippen LogP) is 2.25. The van der Waals surface area contributed by atoms with Gasteiger partial charge in [0.05, 0.1) is 0 Å². The van der Waals surface area contributed by atoms with E-state index in [0.717, 1.165) is 12.8 Å². The van der Waals surface area contributed by atoms with Crippen molar-refractivity contribution in [1.29, 1.82) is 0 Å². The molecule has 62 valence electrons. The molecule has 0 saturated heterocycles. The molecule has 1 nitrogen and oxygen atoms in total. The lowest BCUT2D eigenvalue weighted by Gasteiger charge is -2.10. The molecule has 11 heavy (non-hydrogen) atoms. The summed E-state index contributed by atoms with van der Waals surface area (Å²) in [5.74, 6) is 0.641. The van der Waals surface area contributed by atoms with Gasteiger partial charge in [0, 0.05) is 6.04 Å². The molecule has 2 N–H and O–H groups in total. The smallest absolute Gasteiger partial charge is 0.0108 e. The van der Waals surface area contributed by atoms with Crippen molar-refractivity contribution in [2.75, 3.05) is 0 Å². The minimum Gasteiger partial charge on any atom is -0.327 e. The fraction of sp³-hybridized carbons (Fsp3) is 0.600. The summed E-state index contributed by atoms with van der Waals surface area (Å²) in [6.45, 7) is 2.21. The van der Waals surface area contributed by atoms with Crippen LogP contribution in [0.25, 0.3) is 0 Å². The van der Waals surface area contributed by atoms with E-state index in [1.54, 1.807) is 0 Å². The van der Waals surface area contributed by atoms with Gasteiger partial charge in [0.2, 0.25) is 0 Å². The third kappa shape index (κ3) is 2.89. The van der Waals surface area contributed by atoms with Gasteiger partial charge >= 0.3 is 0 Å². The van der Waals surface area contributed by atoms with Crippen molar-refractivity contribution in [3.8, 4) is 0 Å². The Morgan fingerprint density at radius 3 is 2.27 bits per heavy atom. The first-order valence-electron chi connectivity index (χ1n) is 4.42. The average Bonchev–Trinajstić information content (AvgIpc) is 1.96. The van der Waals surface area contributed by atoms with Crippen LogP contribution >= 0.6 is 0 Å². The molecule has 0 heterocycles. The molecule has 0 aromatic carbocycles. The summed E-state index contributed by atoms with van der Waals surface area (Å²) in [4.78, 5) is 0. The van der Waals surface area contributed by atoms with Crippen LogP contribution in [0.3, 0.4) is 0 Å². The van der Waals surface area contributed by atoms with E-state index in [1.807, 2.05) is 0 Å². The maximum absolute atomic E-state index is 5.79. The van der Waals surface area contributed by atoms with E-state index in [0.29, 0.717) is 12.0 Å². The molecule has 1 heteroatoms. The summed E-state index contributed by atoms with van der Waals surface area (Å²) in [6, 6.07) is 0.334. The summed E-state index contributed by atoms with van der Waals surface area (Å²) in [6.07, 6.45) is 12.2. The Morgan fingerprint density at radius 2 is 1.82 bits per heavy atom. The Bertz CT molecular complexity index is 142. The number of hydrogen-bond donors (Lipinski definition) is 1. The topological polar surface area (TPSA) is 26.0 Å². The Morgan fingerprint density at radius 1 is 1.27 bits per heavy atom. The lowest BCUT2D eigenvalue weighted by molar-refractivity contribution is 0.668. The van der Waals surface area contributed by atoms with Crippen molar-refractivity contribution in [3.63, 3.8) is 0 Å². The molecule has 0 aromatic heterocycles. The largest absolute Gasteiger partial charge is 0.327 e. The summed E-state index contributed by atoms with van der Waals surface area (Å²) < 4.78 is 0. The van der Waals surface area contributed by atoms with Crippen LogP contribution in [-0.4, -0.2) is 6.04 Å². The highest BCUT2D eigenvalue weighted by atomic mass is 14.6. The molecule has 1 rings (SSSR count). The third-order valence-corrected chi connectivity index (χ3v) is 2.12. The molecular formula is C10H17N. The molecule has 0 fully saturated rings. The van der Waals surface area contributed by atoms with Crippen LogP contribution in [0.4, 0.5) is 0 Å². The second-order valence-electron chi connectivity index (χ2n) is 3.16. The van der Waals surface area contributed by atoms with E-state index >= 15 is 0 Å². The number of rotatable bonds is 1. The van der Waals surface area contributed by atoms with Crippen LogP contribution < -0.4 is 5.73 Å². The van der Waals surface area contributed by atoms with Crippen molar-refractivity contribution in [2.45, 2.75) is 32.2 Å². The van der Waals surface area contributed by atoms with Crippen molar-refractivity contribution in [3.05, 3.63) is 24.3 Å². The Hall–Kier alpha value is -0.560. The lowest BCUT2D eigenvalue weighted by Crippen LogP contribution is -2.18. The zero-order chi connectivity index (χ0) is 8.10. The van der Waals surface area contributed by atoms with Gasteiger partial charge in [-0.1, -0.05) is 31.2 Å². The van der Waals surface area contributed by atoms with E-state index < -0.39 is 0 Å². The summed E-state index contributed by atoms with van der Waals surface area (Å²) in [7, 11) is 0. The Balaban J connectivity index is 2.50. The van der Waals surface area contributed by atoms with Gasteiger partial charge in [0.1, 0.15) is 0 Å². The molecule has 0 spiro atoms. The maximum atomic E-state index is 5.79. The van der Waals surface area contributed by atoms with Gasteiger partial charge in [-0.3, -0.25) is 0 Å². The fourth-order valence-electron chi connectivity index (χ4n) is 1.29. The van der Waals surface area contributed by atoms with Crippen LogP contribution in [0.5, 0.6) is 0 Å². The zero-order valence-electron chi connectivity index (χ0n) is 7.16. The molecule has 0 unspecified atom stereocenters. The zero-order valence-corrected chi connectivity index (χ0v) is 7.16. The van der Waals surface area contributed by atoms with Crippen molar-refractivity contribution in [1.82, 2.24) is 0 Å². The number of hydrogen-bond acceptors (Lipinski definition) is 1. The van der Waals surface area contributed by atoms with Gasteiger partial charge < -0.3 is 5.73 Å². The fourth-order valence-corrected chi connectivity index (χ4v) is 1.29. The highest BCUT2D eigenvalue weighted by molar-refractivity contribution is 5.04. The second-order valence-corrected chi connectivity index (χ2v) is 3.16. The van der Waals surface area contributed by atoms with Crippen LogP contribution in [0, 0.1) is 5.92 Å². The normalized spacial score (nSPS) is 37.3. The van der Waals surface area contributed by atoms with E-state index in [1.165, 1.54) is 6.42 Å². The first-order chi connectivity index (χ1) is 5.33. The van der Waals surface area contributed by atoms with Gasteiger partial charge in [-0.15, -0.1) is 0 Å². The number of nitrogens with two attached hydrogens (primary N) is 1. The van der Waals surface area contributed by atoms with Crippen LogP contribution in [-0.2, 0) is 0 Å². The average molecular weight is 151 g/mol. The van der Waals surface area contributed by atoms with E-state index in [9.17, 15) is 0 Å². The molecule has 0 radical (unpaired) electrons. The van der Waals surface area contributed by atoms with Crippen molar-refractivity contribution < 1.29 is 0 Å². The molecule has 0 saturated carbocycles. The van der Waals surface area contributed by atoms with Gasteiger partial charge in [0.15, 0.2) is 0 Å². The highest BCUT2D eigenvalue weighted by Gasteiger charge is 2.02. The summed E-state index contributed by atoms with van der Waals surface area (Å²) >= 11 is 0. The van der Waals surface area contributed by atoms with Crippen molar-refractivity contribution >= 4 is 0 Å². The monoisotopic (exact) mass is 151 g/mol. The van der Waals surface area contributed by atoms with Gasteiger partial charge in [-0.2, -0.15) is 0 Å². The lowest BCUT2D eigenvalue weighted by atomic mass is 9.99. The second kappa shape index (κ2) is 4.35. The van der Waals surface area contributed by atoms with Gasteiger partial charge in [0.25, 0.3) is 0 Å². The van der Waals surface area contributed by atoms with E-state index in [4.69, 9.17) is 5.73 Å². The first-order valence-corrected chi connectivity index (χ1v) is 4.42. The molecule has 0 aliphatic heterocycles. The molecule has 0 atom stereocenters. The minimum atomic E-state index is 0.334. The molecular weight excluding hydrogens is 134 g/mol. The molecule has 0 bridgehead atoms. The minimum absolute atomic E-state index is 0.334. The van der Waals surface area contributed by atoms with E-state index in [2.05, 4.69) is 31.2 Å². The predicted molar refractivity (Wildman–Crippen MR) is 49.3 cm³/mol. The first kappa shape index (κ1) is 8.54. The Labute approximate surface area is 69.0 Å². The standard InChI is InChI=1S/C10H17N/c1-2-9-5-3-7-10(11)8-4-6-9/h3-6,9-10H,2,7-8,11H2,1H3/b5-3-,6-4-. The molecule has 0 amide bonds. The molecule has 0 aromatic rings. The van der Waals surface area contributed by atoms with Gasteiger partial charge in [-0.05, 0) is 25.2 Å². The van der Waals surface area contributed by atoms with E-state index in [-0.39, 0.29) is 0 Å². The maximum Gasteiger partial charge on any atom is 0.0108 e. The SMILES string of the molecule is CCC1/C=C\CC(N)C/C=C\1. The van der Waals surface area contributed by atoms with Crippen LogP contribution in [0.2, 0.25) is 0 Å². The van der Waals surface area contributed by atoms with Crippen LogP contribution in [0.1, 0.15) is 26.2 Å². The summed E-state index contributed by atoms with van der Waals surface area (Å²) in [5, 5.41) is 0. The van der Waals surface area contributed by atoms with Gasteiger partial charge in [-0.25, -0.2) is 0 Å². The number of allylic oxidation sites excluding steroid dienone is 2. The summed E-state index contributed by atoms with van der Waals surface area (Å²) in [5.41, 5.74) is 5.79. The molecule has 1 aliphatic carbocycles. The Kier molecular flexibility index (Phi) is 3.37. The van der Waals surface area contributed by atoms with Crippen LogP contribution in [0.15, 0.2) is 24.3 Å².